The summed E-state index contributed by atoms with van der Waals surface area (Å²) in [7, 11) is 4.65. The fraction of sp³-hybridized carbons (Fsp3) is 0.261. The van der Waals surface area contributed by atoms with Gasteiger partial charge in [0.1, 0.15) is 6.33 Å². The highest BCUT2D eigenvalue weighted by Gasteiger charge is 2.14. The molecule has 1 aromatic heterocycles. The van der Waals surface area contributed by atoms with Crippen LogP contribution in [0.1, 0.15) is 19.4 Å². The lowest BCUT2D eigenvalue weighted by Crippen LogP contribution is -2.08. The number of rotatable bonds is 8. The summed E-state index contributed by atoms with van der Waals surface area (Å²) >= 11 is 0. The summed E-state index contributed by atoms with van der Waals surface area (Å²) in [6.07, 6.45) is 4.25. The maximum atomic E-state index is 11.7. The van der Waals surface area contributed by atoms with E-state index in [1.165, 1.54) is 19.5 Å². The zero-order valence-electron chi connectivity index (χ0n) is 18.0. The van der Waals surface area contributed by atoms with Gasteiger partial charge in [-0.05, 0) is 43.7 Å². The van der Waals surface area contributed by atoms with Gasteiger partial charge in [0.25, 0.3) is 0 Å². The molecule has 8 nitrogen and oxygen atoms in total. The number of ether oxygens (including phenoxy) is 5. The van der Waals surface area contributed by atoms with Crippen LogP contribution in [-0.2, 0) is 9.53 Å². The van der Waals surface area contributed by atoms with Gasteiger partial charge in [-0.2, -0.15) is 0 Å². The summed E-state index contributed by atoms with van der Waals surface area (Å²) in [4.78, 5) is 20.2. The Morgan fingerprint density at radius 1 is 0.903 bits per heavy atom. The predicted octanol–water partition coefficient (Wildman–Crippen LogP) is 4.41. The van der Waals surface area contributed by atoms with Crippen LogP contribution in [0, 0.1) is 0 Å². The van der Waals surface area contributed by atoms with E-state index in [0.29, 0.717) is 39.8 Å². The van der Waals surface area contributed by atoms with E-state index in [-0.39, 0.29) is 6.10 Å². The fourth-order valence-electron chi connectivity index (χ4n) is 2.85. The third kappa shape index (κ3) is 5.22. The monoisotopic (exact) mass is 424 g/mol. The van der Waals surface area contributed by atoms with Crippen molar-refractivity contribution in [2.45, 2.75) is 20.0 Å². The smallest absolute Gasteiger partial charge is 0.331 e. The highest BCUT2D eigenvalue weighted by molar-refractivity contribution is 5.88. The minimum atomic E-state index is -0.411. The Labute approximate surface area is 180 Å². The minimum Gasteiger partial charge on any atom is -0.493 e. The van der Waals surface area contributed by atoms with Crippen molar-refractivity contribution in [3.8, 4) is 28.9 Å². The molecular formula is C23H24N2O6. The summed E-state index contributed by atoms with van der Waals surface area (Å²) in [5, 5.41) is 0.655. The molecule has 0 amide bonds. The number of nitrogens with zero attached hydrogens (tertiary/aromatic N) is 2. The van der Waals surface area contributed by atoms with Crippen molar-refractivity contribution in [1.82, 2.24) is 9.97 Å². The molecule has 3 rings (SSSR count). The number of fused-ring (bicyclic) bond motifs is 1. The maximum absolute atomic E-state index is 11.7. The van der Waals surface area contributed by atoms with E-state index < -0.39 is 5.97 Å². The molecular weight excluding hydrogens is 400 g/mol. The summed E-state index contributed by atoms with van der Waals surface area (Å²) in [6.45, 7) is 3.59. The number of benzene rings is 2. The van der Waals surface area contributed by atoms with E-state index in [4.69, 9.17) is 23.7 Å². The van der Waals surface area contributed by atoms with Crippen LogP contribution in [-0.4, -0.2) is 43.4 Å². The van der Waals surface area contributed by atoms with E-state index in [9.17, 15) is 4.79 Å². The SMILES string of the molecule is COc1cc2ncnc(Oc3ccc(C=CC(=O)OC(C)C)cc3OC)c2cc1OC. The van der Waals surface area contributed by atoms with Crippen LogP contribution < -0.4 is 18.9 Å². The lowest BCUT2D eigenvalue weighted by molar-refractivity contribution is -0.141. The number of hydrogen-bond acceptors (Lipinski definition) is 8. The lowest BCUT2D eigenvalue weighted by Gasteiger charge is -2.13. The molecule has 0 spiro atoms. The second kappa shape index (κ2) is 9.80. The molecule has 0 fully saturated rings. The van der Waals surface area contributed by atoms with Crippen molar-refractivity contribution in [1.29, 1.82) is 0 Å². The molecule has 8 heteroatoms. The summed E-state index contributed by atoms with van der Waals surface area (Å²) in [5.74, 6) is 1.96. The second-order valence-electron chi connectivity index (χ2n) is 6.73. The van der Waals surface area contributed by atoms with Crippen molar-refractivity contribution in [3.05, 3.63) is 48.3 Å². The number of methoxy groups -OCH3 is 3. The van der Waals surface area contributed by atoms with Gasteiger partial charge in [0, 0.05) is 12.1 Å². The van der Waals surface area contributed by atoms with E-state index in [2.05, 4.69) is 9.97 Å². The van der Waals surface area contributed by atoms with Gasteiger partial charge in [-0.3, -0.25) is 0 Å². The number of aromatic nitrogens is 2. The van der Waals surface area contributed by atoms with Crippen LogP contribution in [0.3, 0.4) is 0 Å². The van der Waals surface area contributed by atoms with Gasteiger partial charge in [0.2, 0.25) is 5.88 Å². The van der Waals surface area contributed by atoms with Crippen molar-refractivity contribution in [3.63, 3.8) is 0 Å². The van der Waals surface area contributed by atoms with Gasteiger partial charge >= 0.3 is 5.97 Å². The van der Waals surface area contributed by atoms with Crippen LogP contribution in [0.15, 0.2) is 42.7 Å². The summed E-state index contributed by atoms with van der Waals surface area (Å²) in [6, 6.07) is 8.80. The lowest BCUT2D eigenvalue weighted by atomic mass is 10.2. The number of carbonyl (C=O) groups excluding carboxylic acids is 1. The topological polar surface area (TPSA) is 89.0 Å². The zero-order chi connectivity index (χ0) is 22.4. The maximum Gasteiger partial charge on any atom is 0.331 e. The quantitative estimate of drug-likeness (QED) is 0.388. The average molecular weight is 424 g/mol. The highest BCUT2D eigenvalue weighted by Crippen LogP contribution is 2.38. The number of esters is 1. The Morgan fingerprint density at radius 2 is 1.58 bits per heavy atom. The van der Waals surface area contributed by atoms with Crippen LogP contribution in [0.25, 0.3) is 17.0 Å². The molecule has 0 saturated heterocycles. The van der Waals surface area contributed by atoms with Gasteiger partial charge in [0.15, 0.2) is 23.0 Å². The average Bonchev–Trinajstić information content (AvgIpc) is 2.77. The fourth-order valence-corrected chi connectivity index (χ4v) is 2.85. The first-order chi connectivity index (χ1) is 14.9. The van der Waals surface area contributed by atoms with Crippen LogP contribution in [0.4, 0.5) is 0 Å². The number of carbonyl (C=O) groups is 1. The largest absolute Gasteiger partial charge is 0.493 e. The molecule has 3 aromatic rings. The molecule has 0 N–H and O–H groups in total. The number of hydrogen-bond donors (Lipinski definition) is 0. The Kier molecular flexibility index (Phi) is 6.92. The van der Waals surface area contributed by atoms with E-state index in [0.717, 1.165) is 5.56 Å². The molecule has 0 aliphatic carbocycles. The predicted molar refractivity (Wildman–Crippen MR) is 116 cm³/mol. The van der Waals surface area contributed by atoms with Crippen molar-refractivity contribution in [2.24, 2.45) is 0 Å². The van der Waals surface area contributed by atoms with Crippen LogP contribution in [0.5, 0.6) is 28.9 Å². The molecule has 0 aliphatic heterocycles. The Balaban J connectivity index is 1.91. The molecule has 0 unspecified atom stereocenters. The normalized spacial score (nSPS) is 11.0. The molecule has 0 atom stereocenters. The second-order valence-corrected chi connectivity index (χ2v) is 6.73. The van der Waals surface area contributed by atoms with Gasteiger partial charge in [-0.25, -0.2) is 14.8 Å². The van der Waals surface area contributed by atoms with E-state index in [1.54, 1.807) is 64.5 Å². The molecule has 0 radical (unpaired) electrons. The molecule has 1 heterocycles. The Bertz CT molecular complexity index is 1110. The molecule has 31 heavy (non-hydrogen) atoms. The highest BCUT2D eigenvalue weighted by atomic mass is 16.5. The minimum absolute atomic E-state index is 0.177. The van der Waals surface area contributed by atoms with Gasteiger partial charge in [-0.15, -0.1) is 0 Å². The van der Waals surface area contributed by atoms with Gasteiger partial charge in [0.05, 0.1) is 38.3 Å². The van der Waals surface area contributed by atoms with Crippen LogP contribution >= 0.6 is 0 Å². The molecule has 0 aliphatic rings. The Morgan fingerprint density at radius 3 is 2.26 bits per heavy atom. The summed E-state index contributed by atoms with van der Waals surface area (Å²) < 4.78 is 27.3. The van der Waals surface area contributed by atoms with Gasteiger partial charge < -0.3 is 23.7 Å². The van der Waals surface area contributed by atoms with Gasteiger partial charge in [-0.1, -0.05) is 6.07 Å². The Hall–Kier alpha value is -3.81. The molecule has 162 valence electrons. The molecule has 2 aromatic carbocycles. The van der Waals surface area contributed by atoms with Crippen LogP contribution in [0.2, 0.25) is 0 Å². The van der Waals surface area contributed by atoms with Crippen molar-refractivity contribution >= 4 is 22.9 Å². The molecule has 0 saturated carbocycles. The van der Waals surface area contributed by atoms with Crippen molar-refractivity contribution < 1.29 is 28.5 Å². The molecule has 0 bridgehead atoms. The summed E-state index contributed by atoms with van der Waals surface area (Å²) in [5.41, 5.74) is 1.40. The van der Waals surface area contributed by atoms with Crippen molar-refractivity contribution in [2.75, 3.05) is 21.3 Å². The third-order valence-electron chi connectivity index (χ3n) is 4.26. The standard InChI is InChI=1S/C23H24N2O6/c1-14(2)30-22(26)9-7-15-6-8-18(19(10-15)27-3)31-23-16-11-20(28-4)21(29-5)12-17(16)24-13-25-23/h6-14H,1-5H3. The first-order valence-electron chi connectivity index (χ1n) is 9.56. The van der Waals surface area contributed by atoms with E-state index >= 15 is 0 Å². The van der Waals surface area contributed by atoms with E-state index in [1.807, 2.05) is 0 Å². The third-order valence-corrected chi connectivity index (χ3v) is 4.26. The zero-order valence-corrected chi connectivity index (χ0v) is 18.0. The first kappa shape index (κ1) is 21.9. The first-order valence-corrected chi connectivity index (χ1v) is 9.56.